The molecule has 13 heteroatoms. The van der Waals surface area contributed by atoms with Gasteiger partial charge in [-0.15, -0.1) is 0 Å². The normalized spacial score (nSPS) is 17.2. The SMILES string of the molecule is CC(=O)N(N)c1cc(-c2c(N(N)c3ccccc3)c3c(n2N)CN(S(=O)C2CCOCC2)CC3=O)ccn1. The van der Waals surface area contributed by atoms with Crippen molar-refractivity contribution < 1.29 is 18.5 Å². The number of hydrogen-bond acceptors (Lipinski definition) is 9. The molecule has 0 spiro atoms. The van der Waals surface area contributed by atoms with E-state index >= 15 is 0 Å². The van der Waals surface area contributed by atoms with Crippen molar-refractivity contribution in [1.82, 2.24) is 14.0 Å². The molecule has 0 radical (unpaired) electrons. The molecular formula is C25H30N8O4S. The van der Waals surface area contributed by atoms with Crippen molar-refractivity contribution in [2.24, 2.45) is 11.7 Å². The number of nitrogens with zero attached hydrogens (tertiary/aromatic N) is 5. The fourth-order valence-corrected chi connectivity index (χ4v) is 6.35. The molecule has 2 aliphatic rings. The van der Waals surface area contributed by atoms with Gasteiger partial charge in [-0.3, -0.25) is 19.3 Å². The second kappa shape index (κ2) is 10.6. The molecule has 200 valence electrons. The maximum atomic E-state index is 13.7. The van der Waals surface area contributed by atoms with Crippen LogP contribution in [0, 0.1) is 0 Å². The molecule has 1 unspecified atom stereocenters. The molecule has 12 nitrogen and oxygen atoms in total. The number of hydrogen-bond donors (Lipinski definition) is 3. The summed E-state index contributed by atoms with van der Waals surface area (Å²) in [5, 5.41) is 2.26. The number of ketones is 1. The lowest BCUT2D eigenvalue weighted by Gasteiger charge is -2.31. The van der Waals surface area contributed by atoms with Crippen LogP contribution in [-0.4, -0.2) is 54.9 Å². The van der Waals surface area contributed by atoms with Crippen LogP contribution < -0.4 is 27.5 Å². The van der Waals surface area contributed by atoms with Gasteiger partial charge in [0.1, 0.15) is 5.82 Å². The van der Waals surface area contributed by atoms with E-state index in [1.165, 1.54) is 22.8 Å². The highest BCUT2D eigenvalue weighted by molar-refractivity contribution is 7.83. The fraction of sp³-hybridized carbons (Fsp3) is 0.320. The van der Waals surface area contributed by atoms with Crippen LogP contribution >= 0.6 is 0 Å². The summed E-state index contributed by atoms with van der Waals surface area (Å²) in [5.74, 6) is 18.8. The number of nitrogen functional groups attached to an aromatic ring is 1. The average Bonchev–Trinajstić information content (AvgIpc) is 3.25. The van der Waals surface area contributed by atoms with Crippen LogP contribution in [0.3, 0.4) is 0 Å². The summed E-state index contributed by atoms with van der Waals surface area (Å²) in [6, 6.07) is 12.5. The molecule has 2 aromatic heterocycles. The third kappa shape index (κ3) is 4.70. The maximum absolute atomic E-state index is 13.7. The summed E-state index contributed by atoms with van der Waals surface area (Å²) in [7, 11) is -1.38. The Morgan fingerprint density at radius 2 is 1.84 bits per heavy atom. The lowest BCUT2D eigenvalue weighted by atomic mass is 10.0. The van der Waals surface area contributed by atoms with Crippen molar-refractivity contribution in [3.63, 3.8) is 0 Å². The Bertz CT molecular complexity index is 1390. The van der Waals surface area contributed by atoms with Crippen LogP contribution in [0.4, 0.5) is 17.2 Å². The first-order chi connectivity index (χ1) is 18.3. The van der Waals surface area contributed by atoms with Crippen LogP contribution in [0.2, 0.25) is 0 Å². The number of aromatic nitrogens is 2. The van der Waals surface area contributed by atoms with Crippen LogP contribution in [0.25, 0.3) is 11.3 Å². The zero-order valence-corrected chi connectivity index (χ0v) is 21.8. The highest BCUT2D eigenvalue weighted by Crippen LogP contribution is 2.42. The molecule has 0 saturated carbocycles. The largest absolute Gasteiger partial charge is 0.381 e. The average molecular weight is 539 g/mol. The Hall–Kier alpha value is -3.62. The summed E-state index contributed by atoms with van der Waals surface area (Å²) >= 11 is 0. The van der Waals surface area contributed by atoms with Crippen molar-refractivity contribution >= 4 is 39.9 Å². The summed E-state index contributed by atoms with van der Waals surface area (Å²) < 4.78 is 21.9. The second-order valence-electron chi connectivity index (χ2n) is 9.20. The van der Waals surface area contributed by atoms with Gasteiger partial charge in [0.25, 0.3) is 0 Å². The molecule has 6 N–H and O–H groups in total. The molecule has 1 aromatic carbocycles. The Morgan fingerprint density at radius 1 is 1.13 bits per heavy atom. The maximum Gasteiger partial charge on any atom is 0.239 e. The predicted molar refractivity (Wildman–Crippen MR) is 145 cm³/mol. The zero-order valence-electron chi connectivity index (χ0n) is 20.9. The number of carbonyl (C=O) groups excluding carboxylic acids is 2. The molecule has 2 aliphatic heterocycles. The number of ether oxygens (including phenoxy) is 1. The molecule has 38 heavy (non-hydrogen) atoms. The van der Waals surface area contributed by atoms with Gasteiger partial charge in [0, 0.05) is 31.9 Å². The Labute approximate surface area is 222 Å². The van der Waals surface area contributed by atoms with Crippen molar-refractivity contribution in [2.45, 2.75) is 31.6 Å². The molecule has 0 aliphatic carbocycles. The van der Waals surface area contributed by atoms with E-state index in [9.17, 15) is 13.8 Å². The number of nitrogens with two attached hydrogens (primary N) is 3. The Balaban J connectivity index is 1.64. The second-order valence-corrected chi connectivity index (χ2v) is 10.9. The van der Waals surface area contributed by atoms with Gasteiger partial charge < -0.3 is 10.6 Å². The predicted octanol–water partition coefficient (Wildman–Crippen LogP) is 1.34. The zero-order chi connectivity index (χ0) is 27.0. The molecule has 1 atom stereocenters. The number of hydrazine groups is 2. The number of amides is 1. The van der Waals surface area contributed by atoms with Gasteiger partial charge in [0.15, 0.2) is 5.78 Å². The van der Waals surface area contributed by atoms with Gasteiger partial charge >= 0.3 is 0 Å². The smallest absolute Gasteiger partial charge is 0.239 e. The topological polar surface area (TPSA) is 166 Å². The van der Waals surface area contributed by atoms with Gasteiger partial charge in [-0.1, -0.05) is 18.2 Å². The van der Waals surface area contributed by atoms with Crippen molar-refractivity contribution in [3.05, 3.63) is 59.9 Å². The number of Topliss-reactive ketones (excluding diaryl/α,β-unsaturated/α-hetero) is 1. The van der Waals surface area contributed by atoms with Gasteiger partial charge in [0.05, 0.1) is 57.7 Å². The lowest BCUT2D eigenvalue weighted by molar-refractivity contribution is -0.116. The van der Waals surface area contributed by atoms with Crippen molar-refractivity contribution in [1.29, 1.82) is 0 Å². The van der Waals surface area contributed by atoms with E-state index in [-0.39, 0.29) is 29.9 Å². The summed E-state index contributed by atoms with van der Waals surface area (Å²) in [6.07, 6.45) is 2.84. The van der Waals surface area contributed by atoms with E-state index in [4.69, 9.17) is 22.3 Å². The Morgan fingerprint density at radius 3 is 2.53 bits per heavy atom. The van der Waals surface area contributed by atoms with E-state index < -0.39 is 16.9 Å². The van der Waals surface area contributed by atoms with Gasteiger partial charge in [0.2, 0.25) is 5.91 Å². The van der Waals surface area contributed by atoms with E-state index in [0.717, 1.165) is 5.01 Å². The monoisotopic (exact) mass is 538 g/mol. The molecule has 1 saturated heterocycles. The Kier molecular flexibility index (Phi) is 7.27. The van der Waals surface area contributed by atoms with Crippen LogP contribution in [0.5, 0.6) is 0 Å². The highest BCUT2D eigenvalue weighted by atomic mass is 32.2. The van der Waals surface area contributed by atoms with E-state index in [2.05, 4.69) is 4.98 Å². The van der Waals surface area contributed by atoms with Gasteiger partial charge in [-0.25, -0.2) is 30.2 Å². The van der Waals surface area contributed by atoms with E-state index in [0.29, 0.717) is 59.9 Å². The molecule has 4 heterocycles. The number of fused-ring (bicyclic) bond motifs is 1. The van der Waals surface area contributed by atoms with Crippen LogP contribution in [-0.2, 0) is 27.1 Å². The molecular weight excluding hydrogens is 508 g/mol. The number of benzene rings is 1. The quantitative estimate of drug-likeness (QED) is 0.238. The number of anilines is 3. The molecule has 1 fully saturated rings. The first-order valence-corrected chi connectivity index (χ1v) is 13.4. The number of pyridine rings is 1. The first-order valence-electron chi connectivity index (χ1n) is 12.2. The van der Waals surface area contributed by atoms with Crippen LogP contribution in [0.1, 0.15) is 35.8 Å². The number of para-hydroxylation sites is 1. The standard InChI is InChI=1S/C25H30N8O4S/c1-16(34)31(26)22-13-17(7-10-29-22)24-25(32(27)18-5-3-2-4-6-18)23-20(33(24)28)14-30(15-21(23)35)38(36)19-8-11-37-12-9-19/h2-7,10,13,19H,8-9,11-12,14-15,26-28H2,1H3. The summed E-state index contributed by atoms with van der Waals surface area (Å²) in [6.45, 7) is 2.59. The van der Waals surface area contributed by atoms with Gasteiger partial charge in [-0.2, -0.15) is 0 Å². The molecule has 0 bridgehead atoms. The summed E-state index contributed by atoms with van der Waals surface area (Å²) in [4.78, 5) is 29.7. The fourth-order valence-electron chi connectivity index (χ4n) is 4.84. The highest BCUT2D eigenvalue weighted by Gasteiger charge is 2.38. The van der Waals surface area contributed by atoms with Crippen molar-refractivity contribution in [3.8, 4) is 11.3 Å². The number of rotatable bonds is 6. The third-order valence-corrected chi connectivity index (χ3v) is 8.60. The minimum absolute atomic E-state index is 0.0292. The molecule has 1 amide bonds. The minimum Gasteiger partial charge on any atom is -0.381 e. The first kappa shape index (κ1) is 26.0. The third-order valence-electron chi connectivity index (χ3n) is 6.79. The van der Waals surface area contributed by atoms with E-state index in [1.807, 2.05) is 30.3 Å². The minimum atomic E-state index is -1.38. The lowest BCUT2D eigenvalue weighted by Crippen LogP contribution is -2.43. The molecule has 3 aromatic rings. The van der Waals surface area contributed by atoms with Gasteiger partial charge in [-0.05, 0) is 37.1 Å². The van der Waals surface area contributed by atoms with Crippen LogP contribution in [0.15, 0.2) is 48.7 Å². The number of carbonyl (C=O) groups is 2. The molecule has 5 rings (SSSR count). The van der Waals surface area contributed by atoms with Crippen molar-refractivity contribution in [2.75, 3.05) is 35.6 Å². The van der Waals surface area contributed by atoms with E-state index in [1.54, 1.807) is 16.4 Å². The summed E-state index contributed by atoms with van der Waals surface area (Å²) in [5.41, 5.74) is 2.89.